The maximum Gasteiger partial charge on any atom is 3.00 e. The van der Waals surface area contributed by atoms with Gasteiger partial charge in [-0.05, 0) is 26.3 Å². The van der Waals surface area contributed by atoms with Crippen molar-refractivity contribution in [2.75, 3.05) is 0 Å². The average Bonchev–Trinajstić information content (AvgIpc) is 3.15. The van der Waals surface area contributed by atoms with E-state index in [1.54, 1.807) is 0 Å². The van der Waals surface area contributed by atoms with Crippen LogP contribution in [0.15, 0.2) is 141 Å². The Morgan fingerprint density at radius 1 is 0.431 bits per heavy atom. The molecule has 0 N–H and O–H groups in total. The molecule has 10 heteroatoms. The van der Waals surface area contributed by atoms with E-state index in [0.29, 0.717) is 0 Å². The van der Waals surface area contributed by atoms with Crippen molar-refractivity contribution in [2.45, 2.75) is 116 Å². The topological polar surface area (TPSA) is 52.9 Å². The molecule has 2 saturated carbocycles. The Labute approximate surface area is 380 Å². The summed E-state index contributed by atoms with van der Waals surface area (Å²) >= 11 is 0. The summed E-state index contributed by atoms with van der Waals surface area (Å²) in [6, 6.07) is 45.8. The van der Waals surface area contributed by atoms with Gasteiger partial charge < -0.3 is 49.2 Å². The third-order valence-electron chi connectivity index (χ3n) is 9.99. The molecule has 0 unspecified atom stereocenters. The molecule has 58 heavy (non-hydrogen) atoms. The monoisotopic (exact) mass is 876 g/mol. The number of benzene rings is 4. The number of hydrogen-bond donors (Lipinski definition) is 0. The van der Waals surface area contributed by atoms with Crippen LogP contribution in [0.1, 0.15) is 64.2 Å². The Kier molecular flexibility index (Phi) is 24.4. The van der Waals surface area contributed by atoms with Gasteiger partial charge in [-0.25, -0.2) is 0 Å². The van der Waals surface area contributed by atoms with E-state index in [1.807, 2.05) is 0 Å². The minimum atomic E-state index is -2.81. The van der Waals surface area contributed by atoms with E-state index in [-0.39, 0.29) is 76.5 Å². The van der Waals surface area contributed by atoms with Gasteiger partial charge in [-0.1, -0.05) is 225 Å². The molecular formula is C48H72Al2N4P2Si2. The second-order valence-electron chi connectivity index (χ2n) is 16.6. The van der Waals surface area contributed by atoms with Crippen LogP contribution >= 0.6 is 14.1 Å². The SMILES string of the molecule is C[Si](C)(C)N=P(C(=C([N-]C1CCCCC1)[N-]C1CCCCC1)P(=N[Si](C)(C)C)(c1ccccc1)c1ccccc1)(c1ccccc1)c1ccccc1.[Al+3].[Al+3].[CH3-].[CH3-].[CH3-].[CH3-]. The summed E-state index contributed by atoms with van der Waals surface area (Å²) in [5, 5.41) is 18.5. The van der Waals surface area contributed by atoms with Crippen molar-refractivity contribution in [3.8, 4) is 0 Å². The summed E-state index contributed by atoms with van der Waals surface area (Å²) in [6.45, 7) is 14.5. The van der Waals surface area contributed by atoms with Gasteiger partial charge in [0.2, 0.25) is 0 Å². The van der Waals surface area contributed by atoms with Gasteiger partial charge >= 0.3 is 34.7 Å². The van der Waals surface area contributed by atoms with E-state index in [9.17, 15) is 0 Å². The zero-order valence-electron chi connectivity index (χ0n) is 37.6. The molecule has 0 aliphatic heterocycles. The summed E-state index contributed by atoms with van der Waals surface area (Å²) in [4.78, 5) is 0. The number of hydrogen-bond acceptors (Lipinski definition) is 2. The first-order valence-corrected chi connectivity index (χ1v) is 30.1. The Morgan fingerprint density at radius 2 is 0.672 bits per heavy atom. The molecule has 0 saturated heterocycles. The van der Waals surface area contributed by atoms with E-state index in [4.69, 9.17) is 19.5 Å². The van der Waals surface area contributed by atoms with Crippen molar-refractivity contribution < 1.29 is 0 Å². The fourth-order valence-electron chi connectivity index (χ4n) is 8.00. The molecule has 6 rings (SSSR count). The van der Waals surface area contributed by atoms with Crippen LogP contribution in [-0.2, 0) is 0 Å². The summed E-state index contributed by atoms with van der Waals surface area (Å²) in [6.07, 6.45) is 12.0. The molecule has 0 spiro atoms. The van der Waals surface area contributed by atoms with Crippen LogP contribution in [0.5, 0.6) is 0 Å². The zero-order chi connectivity index (χ0) is 36.7. The molecule has 0 amide bonds. The first-order valence-electron chi connectivity index (χ1n) is 19.7. The minimum Gasteiger partial charge on any atom is -0.700 e. The normalized spacial score (nSPS) is 14.8. The van der Waals surface area contributed by atoms with Gasteiger partial charge in [0.05, 0.1) is 0 Å². The van der Waals surface area contributed by atoms with Crippen LogP contribution in [0.3, 0.4) is 0 Å². The van der Waals surface area contributed by atoms with Gasteiger partial charge in [-0.3, -0.25) is 5.82 Å². The average molecular weight is 877 g/mol. The molecule has 4 nitrogen and oxygen atoms in total. The zero-order valence-corrected chi connectivity index (χ0v) is 43.7. The smallest absolute Gasteiger partial charge is 0.700 e. The van der Waals surface area contributed by atoms with Crippen LogP contribution < -0.4 is 21.2 Å². The second kappa shape index (κ2) is 25.2. The molecule has 0 heterocycles. The summed E-state index contributed by atoms with van der Waals surface area (Å²) in [7, 11) is -9.94. The molecule has 0 radical (unpaired) electrons. The van der Waals surface area contributed by atoms with Crippen molar-refractivity contribution in [3.63, 3.8) is 0 Å². The maximum atomic E-state index is 6.39. The molecule has 308 valence electrons. The predicted molar refractivity (Wildman–Crippen MR) is 274 cm³/mol. The van der Waals surface area contributed by atoms with Crippen LogP contribution in [0.4, 0.5) is 0 Å². The molecule has 4 aromatic carbocycles. The molecule has 0 aromatic heterocycles. The first kappa shape index (κ1) is 56.2. The van der Waals surface area contributed by atoms with Crippen LogP contribution in [0, 0.1) is 29.7 Å². The maximum absolute atomic E-state index is 6.39. The Hall–Kier alpha value is -1.82. The largest absolute Gasteiger partial charge is 3.00 e. The first-order chi connectivity index (χ1) is 25.0. The molecule has 4 aromatic rings. The molecule has 2 fully saturated rings. The van der Waals surface area contributed by atoms with E-state index in [1.165, 1.54) is 64.8 Å². The number of nitrogens with zero attached hydrogens (tertiary/aromatic N) is 4. The number of rotatable bonds is 12. The van der Waals surface area contributed by atoms with Crippen LogP contribution in [0.25, 0.3) is 10.6 Å². The molecule has 0 atom stereocenters. The van der Waals surface area contributed by atoms with Gasteiger partial charge in [0.1, 0.15) is 0 Å². The van der Waals surface area contributed by atoms with Gasteiger partial charge in [0.15, 0.2) is 16.5 Å². The van der Waals surface area contributed by atoms with Crippen molar-refractivity contribution in [1.82, 2.24) is 0 Å². The van der Waals surface area contributed by atoms with Gasteiger partial charge in [0, 0.05) is 14.1 Å². The predicted octanol–water partition coefficient (Wildman–Crippen LogP) is 13.9. The van der Waals surface area contributed by atoms with Crippen molar-refractivity contribution in [3.05, 3.63) is 173 Å². The van der Waals surface area contributed by atoms with E-state index in [2.05, 4.69) is 161 Å². The summed E-state index contributed by atoms with van der Waals surface area (Å²) in [5.74, 6) is 0.991. The summed E-state index contributed by atoms with van der Waals surface area (Å²) < 4.78 is 12.8. The molecule has 0 bridgehead atoms. The summed E-state index contributed by atoms with van der Waals surface area (Å²) in [5.41, 5.74) is 0. The fourth-order valence-corrected chi connectivity index (χ4v) is 26.5. The van der Waals surface area contributed by atoms with Crippen molar-refractivity contribution in [1.29, 1.82) is 0 Å². The van der Waals surface area contributed by atoms with Crippen molar-refractivity contribution >= 4 is 86.5 Å². The fraction of sp³-hybridized carbons (Fsp3) is 0.375. The third kappa shape index (κ3) is 13.6. The van der Waals surface area contributed by atoms with E-state index < -0.39 is 30.6 Å². The van der Waals surface area contributed by atoms with E-state index in [0.717, 1.165) is 31.5 Å². The Bertz CT molecular complexity index is 1660. The molecule has 2 aliphatic carbocycles. The Morgan fingerprint density at radius 3 is 0.897 bits per heavy atom. The van der Waals surface area contributed by atoms with Crippen LogP contribution in [-0.4, -0.2) is 63.3 Å². The third-order valence-corrected chi connectivity index (χ3v) is 24.7. The standard InChI is InChI=1S/C44H60N4P2Si2.4CH3.2Al/c1-51(2,3)47-49(39-29-17-9-18-30-39,40-31-19-10-20-32-40)44(43(45-37-25-13-7-14-26-37)46-38-27-15-8-16-28-38)50(48-52(4,5)6,41-33-21-11-22-34-41)42-35-23-12-24-36-42;;;;;;/h9-12,17-24,29-38H,7-8,13-16,25-28H2,1-6H3;4*1H3;;/q-2;4*-1;2*+3. The second-order valence-corrected chi connectivity index (χ2v) is 32.8. The van der Waals surface area contributed by atoms with Gasteiger partial charge in [0.25, 0.3) is 0 Å². The molecule has 2 aliphatic rings. The van der Waals surface area contributed by atoms with Crippen LogP contribution in [0.2, 0.25) is 39.3 Å². The molecular weight excluding hydrogens is 805 g/mol. The Balaban J connectivity index is 0.00000541. The van der Waals surface area contributed by atoms with E-state index >= 15 is 0 Å². The van der Waals surface area contributed by atoms with Gasteiger partial charge in [-0.2, -0.15) is 0 Å². The minimum absolute atomic E-state index is 0. The van der Waals surface area contributed by atoms with Gasteiger partial charge in [-0.15, -0.1) is 12.1 Å². The van der Waals surface area contributed by atoms with Crippen molar-refractivity contribution in [2.24, 2.45) is 8.82 Å². The quantitative estimate of drug-likeness (QED) is 0.0774.